The molecule has 2 heteroatoms. The lowest BCUT2D eigenvalue weighted by atomic mass is 9.92. The average molecular weight is 363 g/mol. The lowest BCUT2D eigenvalue weighted by molar-refractivity contribution is 0.389. The molecule has 2 aromatic rings. The fraction of sp³-hybridized carbons (Fsp3) is 0.520. The second-order valence-electron chi connectivity index (χ2n) is 9.93. The van der Waals surface area contributed by atoms with Crippen LogP contribution in [0.25, 0.3) is 0 Å². The van der Waals surface area contributed by atoms with E-state index in [4.69, 9.17) is 0 Å². The molecule has 0 radical (unpaired) electrons. The summed E-state index contributed by atoms with van der Waals surface area (Å²) in [6, 6.07) is 12.4. The summed E-state index contributed by atoms with van der Waals surface area (Å²) in [5.74, 6) is 0.704. The summed E-state index contributed by atoms with van der Waals surface area (Å²) in [7, 11) is 0. The van der Waals surface area contributed by atoms with E-state index in [9.17, 15) is 0 Å². The molecular formula is C25H34N2. The van der Waals surface area contributed by atoms with Gasteiger partial charge in [-0.15, -0.1) is 0 Å². The summed E-state index contributed by atoms with van der Waals surface area (Å²) in [5, 5.41) is 3.69. The van der Waals surface area contributed by atoms with E-state index in [0.29, 0.717) is 17.4 Å². The maximum atomic E-state index is 3.69. The Hall–Kier alpha value is -1.96. The van der Waals surface area contributed by atoms with Gasteiger partial charge >= 0.3 is 0 Å². The van der Waals surface area contributed by atoms with E-state index in [1.165, 1.54) is 40.9 Å². The van der Waals surface area contributed by atoms with Gasteiger partial charge in [-0.05, 0) is 73.4 Å². The Balaban J connectivity index is 1.55. The molecule has 1 heterocycles. The van der Waals surface area contributed by atoms with Crippen molar-refractivity contribution in [2.24, 2.45) is 5.41 Å². The van der Waals surface area contributed by atoms with E-state index in [2.05, 4.69) is 82.1 Å². The predicted octanol–water partition coefficient (Wildman–Crippen LogP) is 6.51. The zero-order chi connectivity index (χ0) is 19.3. The Morgan fingerprint density at radius 3 is 2.37 bits per heavy atom. The van der Waals surface area contributed by atoms with Crippen LogP contribution in [0.3, 0.4) is 0 Å². The summed E-state index contributed by atoms with van der Waals surface area (Å²) in [5.41, 5.74) is 10.4. The standard InChI is InChI=1S/C25H34N2/c1-16-7-8-21-22(11-16)19-14-23(21)27(15-19)20-12-17(2)24(18(3)13-20)26-10-9-25(4,5)6/h7-8,11-13,19,23,26H,9-10,14-15H2,1-6H3. The van der Waals surface area contributed by atoms with Gasteiger partial charge in [0.1, 0.15) is 0 Å². The largest absolute Gasteiger partial charge is 0.385 e. The minimum atomic E-state index is 0.370. The van der Waals surface area contributed by atoms with Crippen LogP contribution in [0, 0.1) is 26.2 Å². The van der Waals surface area contributed by atoms with Crippen LogP contribution in [0.1, 0.15) is 73.4 Å². The fourth-order valence-corrected chi connectivity index (χ4v) is 4.94. The van der Waals surface area contributed by atoms with Crippen molar-refractivity contribution >= 4 is 11.4 Å². The molecule has 1 aliphatic carbocycles. The number of anilines is 2. The van der Waals surface area contributed by atoms with Crippen LogP contribution in [-0.2, 0) is 0 Å². The highest BCUT2D eigenvalue weighted by molar-refractivity contribution is 5.67. The maximum absolute atomic E-state index is 3.69. The molecule has 2 atom stereocenters. The van der Waals surface area contributed by atoms with Gasteiger partial charge in [-0.25, -0.2) is 0 Å². The zero-order valence-corrected chi connectivity index (χ0v) is 17.8. The Morgan fingerprint density at radius 2 is 1.70 bits per heavy atom. The maximum Gasteiger partial charge on any atom is 0.0552 e. The van der Waals surface area contributed by atoms with Crippen molar-refractivity contribution in [1.82, 2.24) is 0 Å². The van der Waals surface area contributed by atoms with Gasteiger partial charge in [0.2, 0.25) is 0 Å². The molecule has 2 aromatic carbocycles. The molecule has 1 fully saturated rings. The summed E-state index contributed by atoms with van der Waals surface area (Å²) in [4.78, 5) is 2.64. The summed E-state index contributed by atoms with van der Waals surface area (Å²) >= 11 is 0. The Morgan fingerprint density at radius 1 is 1.00 bits per heavy atom. The molecule has 2 aliphatic rings. The van der Waals surface area contributed by atoms with E-state index in [1.54, 1.807) is 11.1 Å². The number of hydrogen-bond acceptors (Lipinski definition) is 2. The summed E-state index contributed by atoms with van der Waals surface area (Å²) < 4.78 is 0. The van der Waals surface area contributed by atoms with Crippen molar-refractivity contribution in [3.05, 3.63) is 58.1 Å². The molecule has 0 spiro atoms. The molecule has 0 aromatic heterocycles. The molecule has 1 aliphatic heterocycles. The number of fused-ring (bicyclic) bond motifs is 5. The van der Waals surface area contributed by atoms with Crippen LogP contribution in [0.5, 0.6) is 0 Å². The molecule has 0 saturated carbocycles. The predicted molar refractivity (Wildman–Crippen MR) is 117 cm³/mol. The van der Waals surface area contributed by atoms with Gasteiger partial charge in [0, 0.05) is 30.4 Å². The van der Waals surface area contributed by atoms with Gasteiger partial charge < -0.3 is 10.2 Å². The van der Waals surface area contributed by atoms with Gasteiger partial charge in [0.15, 0.2) is 0 Å². The van der Waals surface area contributed by atoms with Crippen LogP contribution in [0.4, 0.5) is 11.4 Å². The van der Waals surface area contributed by atoms with Gasteiger partial charge in [0.25, 0.3) is 0 Å². The van der Waals surface area contributed by atoms with E-state index in [-0.39, 0.29) is 0 Å². The second kappa shape index (κ2) is 6.58. The number of hydrogen-bond donors (Lipinski definition) is 1. The summed E-state index contributed by atoms with van der Waals surface area (Å²) in [6.07, 6.45) is 2.46. The molecule has 2 unspecified atom stereocenters. The molecule has 1 saturated heterocycles. The number of aryl methyl sites for hydroxylation is 3. The molecule has 0 amide bonds. The Bertz CT molecular complexity index is 836. The molecule has 2 bridgehead atoms. The normalized spacial score (nSPS) is 20.9. The monoisotopic (exact) mass is 362 g/mol. The van der Waals surface area contributed by atoms with Crippen molar-refractivity contribution in [2.75, 3.05) is 23.3 Å². The minimum absolute atomic E-state index is 0.370. The highest BCUT2D eigenvalue weighted by atomic mass is 15.2. The third kappa shape index (κ3) is 3.47. The third-order valence-electron chi connectivity index (χ3n) is 6.37. The first-order valence-electron chi connectivity index (χ1n) is 10.4. The molecule has 27 heavy (non-hydrogen) atoms. The smallest absolute Gasteiger partial charge is 0.0552 e. The number of rotatable bonds is 4. The molecule has 4 rings (SSSR count). The summed E-state index contributed by atoms with van der Waals surface area (Å²) in [6.45, 7) is 15.8. The molecule has 1 N–H and O–H groups in total. The lowest BCUT2D eigenvalue weighted by Crippen LogP contribution is -2.27. The van der Waals surface area contributed by atoms with Crippen LogP contribution >= 0.6 is 0 Å². The molecule has 144 valence electrons. The lowest BCUT2D eigenvalue weighted by Gasteiger charge is -2.32. The average Bonchev–Trinajstić information content (AvgIpc) is 3.15. The van der Waals surface area contributed by atoms with E-state index >= 15 is 0 Å². The highest BCUT2D eigenvalue weighted by Crippen LogP contribution is 2.52. The van der Waals surface area contributed by atoms with Crippen molar-refractivity contribution < 1.29 is 0 Å². The number of nitrogens with one attached hydrogen (secondary N) is 1. The molecular weight excluding hydrogens is 328 g/mol. The van der Waals surface area contributed by atoms with Gasteiger partial charge in [-0.3, -0.25) is 0 Å². The van der Waals surface area contributed by atoms with Crippen LogP contribution < -0.4 is 10.2 Å². The van der Waals surface area contributed by atoms with E-state index in [0.717, 1.165) is 13.1 Å². The van der Waals surface area contributed by atoms with Crippen LogP contribution in [-0.4, -0.2) is 13.1 Å². The van der Waals surface area contributed by atoms with Gasteiger partial charge in [-0.1, -0.05) is 44.5 Å². The quantitative estimate of drug-likeness (QED) is 0.667. The Kier molecular flexibility index (Phi) is 4.49. The molecule has 2 nitrogen and oxygen atoms in total. The van der Waals surface area contributed by atoms with Gasteiger partial charge in [0.05, 0.1) is 6.04 Å². The van der Waals surface area contributed by atoms with Crippen molar-refractivity contribution in [1.29, 1.82) is 0 Å². The SMILES string of the molecule is Cc1ccc2c(c1)C1CC2N(c2cc(C)c(NCCC(C)(C)C)c(C)c2)C1. The Labute approximate surface area is 165 Å². The topological polar surface area (TPSA) is 15.3 Å². The van der Waals surface area contributed by atoms with Crippen molar-refractivity contribution in [2.45, 2.75) is 66.3 Å². The first kappa shape index (κ1) is 18.4. The van der Waals surface area contributed by atoms with Gasteiger partial charge in [-0.2, -0.15) is 0 Å². The van der Waals surface area contributed by atoms with Crippen LogP contribution in [0.2, 0.25) is 0 Å². The third-order valence-corrected chi connectivity index (χ3v) is 6.37. The highest BCUT2D eigenvalue weighted by Gasteiger charge is 2.42. The second-order valence-corrected chi connectivity index (χ2v) is 9.93. The number of benzene rings is 2. The van der Waals surface area contributed by atoms with Crippen molar-refractivity contribution in [3.8, 4) is 0 Å². The van der Waals surface area contributed by atoms with E-state index < -0.39 is 0 Å². The first-order valence-corrected chi connectivity index (χ1v) is 10.4. The zero-order valence-electron chi connectivity index (χ0n) is 17.8. The van der Waals surface area contributed by atoms with E-state index in [1.807, 2.05) is 0 Å². The fourth-order valence-electron chi connectivity index (χ4n) is 4.94. The van der Waals surface area contributed by atoms with Crippen LogP contribution in [0.15, 0.2) is 30.3 Å². The number of nitrogens with zero attached hydrogens (tertiary/aromatic N) is 1. The first-order chi connectivity index (χ1) is 12.7. The minimum Gasteiger partial charge on any atom is -0.385 e. The van der Waals surface area contributed by atoms with Crippen molar-refractivity contribution in [3.63, 3.8) is 0 Å².